The Morgan fingerprint density at radius 1 is 1.09 bits per heavy atom. The second-order valence-electron chi connectivity index (χ2n) is 8.11. The number of benzene rings is 1. The minimum atomic E-state index is -1.80. The number of carboxylic acid groups (broad SMARTS) is 3. The predicted octanol–water partition coefficient (Wildman–Crippen LogP) is 1.07. The zero-order chi connectivity index (χ0) is 26.1. The fraction of sp³-hybridized carbons (Fsp3) is 0.458. The molecule has 1 heterocycles. The average Bonchev–Trinajstić information content (AvgIpc) is 3.29. The summed E-state index contributed by atoms with van der Waals surface area (Å²) < 4.78 is 5.08. The van der Waals surface area contributed by atoms with E-state index in [0.717, 1.165) is 10.5 Å². The van der Waals surface area contributed by atoms with Gasteiger partial charge in [0, 0.05) is 6.54 Å². The van der Waals surface area contributed by atoms with E-state index in [2.05, 4.69) is 5.32 Å². The Labute approximate surface area is 202 Å². The van der Waals surface area contributed by atoms with Crippen LogP contribution < -0.4 is 5.32 Å². The molecule has 11 nitrogen and oxygen atoms in total. The van der Waals surface area contributed by atoms with Crippen molar-refractivity contribution in [3.63, 3.8) is 0 Å². The Balaban J connectivity index is 2.34. The molecule has 1 aliphatic rings. The number of ketones is 1. The molecule has 1 aromatic rings. The van der Waals surface area contributed by atoms with Crippen LogP contribution in [0.25, 0.3) is 0 Å². The Morgan fingerprint density at radius 2 is 1.74 bits per heavy atom. The molecule has 1 aliphatic heterocycles. The van der Waals surface area contributed by atoms with Gasteiger partial charge in [0.25, 0.3) is 0 Å². The lowest BCUT2D eigenvalue weighted by Crippen LogP contribution is -2.48. The van der Waals surface area contributed by atoms with Crippen LogP contribution in [-0.4, -0.2) is 81.2 Å². The van der Waals surface area contributed by atoms with E-state index in [0.29, 0.717) is 12.8 Å². The molecular weight excluding hydrogens is 460 g/mol. The Bertz CT molecular complexity index is 990. The summed E-state index contributed by atoms with van der Waals surface area (Å²) in [6.45, 7) is 3.02. The first-order valence-electron chi connectivity index (χ1n) is 11.3. The van der Waals surface area contributed by atoms with Crippen molar-refractivity contribution in [2.75, 3.05) is 13.2 Å². The molecule has 4 N–H and O–H groups in total. The van der Waals surface area contributed by atoms with Gasteiger partial charge >= 0.3 is 23.9 Å². The largest absolute Gasteiger partial charge is 0.480 e. The van der Waals surface area contributed by atoms with E-state index in [1.54, 1.807) is 6.92 Å². The lowest BCUT2D eigenvalue weighted by atomic mass is 9.99. The number of likely N-dealkylation sites (tertiary alicyclic amines) is 1. The first-order chi connectivity index (χ1) is 16.6. The van der Waals surface area contributed by atoms with Crippen molar-refractivity contribution in [1.29, 1.82) is 0 Å². The van der Waals surface area contributed by atoms with Gasteiger partial charge in [-0.25, -0.2) is 14.4 Å². The van der Waals surface area contributed by atoms with Crippen LogP contribution in [0.5, 0.6) is 0 Å². The first-order valence-corrected chi connectivity index (χ1v) is 11.3. The maximum atomic E-state index is 13.2. The topological polar surface area (TPSA) is 171 Å². The standard InChI is InChI=1S/C24H30N2O9/c1-3-35-24(34)16(12-11-15-8-5-4-6-9-15)25-14(2)20(27)18(22(30)31)19(23(32)33)26-13-7-10-17(26)21(28)29/h4-6,8-9,14,16-17,25H,3,7,10-13H2,1-2H3,(H,28,29)(H,30,31)(H,32,33)/b19-18+/t14-,16+,17-/m1/s1. The van der Waals surface area contributed by atoms with E-state index in [1.807, 2.05) is 30.3 Å². The van der Waals surface area contributed by atoms with E-state index in [9.17, 15) is 39.3 Å². The molecule has 11 heteroatoms. The maximum Gasteiger partial charge on any atom is 0.353 e. The Kier molecular flexibility index (Phi) is 9.95. The number of aliphatic carboxylic acids is 3. The van der Waals surface area contributed by atoms with Crippen LogP contribution in [0.3, 0.4) is 0 Å². The van der Waals surface area contributed by atoms with Crippen molar-refractivity contribution in [2.24, 2.45) is 0 Å². The molecule has 0 saturated carbocycles. The van der Waals surface area contributed by atoms with Gasteiger partial charge in [-0.1, -0.05) is 30.3 Å². The Morgan fingerprint density at radius 3 is 2.29 bits per heavy atom. The SMILES string of the molecule is CCOC(=O)[C@H](CCc1ccccc1)N[C@H](C)C(=O)/C(C(=O)O)=C(/C(=O)O)N1CCC[C@@H]1C(=O)O. The van der Waals surface area contributed by atoms with E-state index in [4.69, 9.17) is 4.74 Å². The average molecular weight is 491 g/mol. The highest BCUT2D eigenvalue weighted by atomic mass is 16.5. The van der Waals surface area contributed by atoms with Crippen LogP contribution in [0.1, 0.15) is 38.7 Å². The molecule has 190 valence electrons. The molecule has 0 amide bonds. The zero-order valence-corrected chi connectivity index (χ0v) is 19.6. The summed E-state index contributed by atoms with van der Waals surface area (Å²) in [7, 11) is 0. The number of carboxylic acids is 3. The molecule has 35 heavy (non-hydrogen) atoms. The number of hydrogen-bond acceptors (Lipinski definition) is 8. The third-order valence-corrected chi connectivity index (χ3v) is 5.70. The lowest BCUT2D eigenvalue weighted by molar-refractivity contribution is -0.146. The number of nitrogens with zero attached hydrogens (tertiary/aromatic N) is 1. The maximum absolute atomic E-state index is 13.2. The van der Waals surface area contributed by atoms with Crippen molar-refractivity contribution in [1.82, 2.24) is 10.2 Å². The molecule has 0 bridgehead atoms. The summed E-state index contributed by atoms with van der Waals surface area (Å²) >= 11 is 0. The minimum Gasteiger partial charge on any atom is -0.480 e. The number of carbonyl (C=O) groups excluding carboxylic acids is 2. The molecule has 3 atom stereocenters. The van der Waals surface area contributed by atoms with Crippen LogP contribution in [0.15, 0.2) is 41.6 Å². The highest BCUT2D eigenvalue weighted by molar-refractivity contribution is 6.22. The van der Waals surface area contributed by atoms with E-state index >= 15 is 0 Å². The number of nitrogens with one attached hydrogen (secondary N) is 1. The van der Waals surface area contributed by atoms with Crippen molar-refractivity contribution in [2.45, 2.75) is 57.7 Å². The van der Waals surface area contributed by atoms with Gasteiger partial charge in [0.2, 0.25) is 0 Å². The highest BCUT2D eigenvalue weighted by Gasteiger charge is 2.40. The monoisotopic (exact) mass is 490 g/mol. The van der Waals surface area contributed by atoms with Gasteiger partial charge in [-0.2, -0.15) is 0 Å². The van der Waals surface area contributed by atoms with Crippen LogP contribution in [0.2, 0.25) is 0 Å². The van der Waals surface area contributed by atoms with E-state index < -0.39 is 59.1 Å². The normalized spacial score (nSPS) is 17.8. The molecule has 0 unspecified atom stereocenters. The second-order valence-corrected chi connectivity index (χ2v) is 8.11. The summed E-state index contributed by atoms with van der Waals surface area (Å²) in [5.74, 6) is -6.54. The summed E-state index contributed by atoms with van der Waals surface area (Å²) in [6.07, 6.45) is 1.15. The number of aryl methyl sites for hydroxylation is 1. The van der Waals surface area contributed by atoms with Crippen molar-refractivity contribution in [3.8, 4) is 0 Å². The van der Waals surface area contributed by atoms with Crippen molar-refractivity contribution < 1.29 is 44.0 Å². The van der Waals surface area contributed by atoms with Crippen LogP contribution in [-0.2, 0) is 35.1 Å². The number of carbonyl (C=O) groups is 5. The summed E-state index contributed by atoms with van der Waals surface area (Å²) in [5, 5.41) is 31.7. The lowest BCUT2D eigenvalue weighted by Gasteiger charge is -2.26. The second kappa shape index (κ2) is 12.7. The number of Topliss-reactive ketones (excluding diaryl/α,β-unsaturated/α-hetero) is 1. The van der Waals surface area contributed by atoms with Crippen molar-refractivity contribution in [3.05, 3.63) is 47.2 Å². The first kappa shape index (κ1) is 27.5. The van der Waals surface area contributed by atoms with Crippen LogP contribution in [0.4, 0.5) is 0 Å². The van der Waals surface area contributed by atoms with Gasteiger partial charge in [0.05, 0.1) is 12.6 Å². The number of ether oxygens (including phenoxy) is 1. The van der Waals surface area contributed by atoms with E-state index in [1.165, 1.54) is 6.92 Å². The zero-order valence-electron chi connectivity index (χ0n) is 19.6. The molecule has 1 fully saturated rings. The van der Waals surface area contributed by atoms with Gasteiger partial charge < -0.3 is 25.0 Å². The molecule has 0 radical (unpaired) electrons. The van der Waals surface area contributed by atoms with Gasteiger partial charge in [0.15, 0.2) is 5.78 Å². The molecule has 0 aliphatic carbocycles. The number of rotatable bonds is 13. The summed E-state index contributed by atoms with van der Waals surface area (Å²) in [6, 6.07) is 5.78. The molecule has 0 spiro atoms. The van der Waals surface area contributed by atoms with Crippen molar-refractivity contribution >= 4 is 29.7 Å². The fourth-order valence-electron chi connectivity index (χ4n) is 4.05. The van der Waals surface area contributed by atoms with Gasteiger partial charge in [-0.3, -0.25) is 14.9 Å². The molecular formula is C24H30N2O9. The molecule has 1 saturated heterocycles. The van der Waals surface area contributed by atoms with Crippen LogP contribution in [0, 0.1) is 0 Å². The summed E-state index contributed by atoms with van der Waals surface area (Å²) in [5.41, 5.74) is -0.982. The molecule has 2 rings (SSSR count). The van der Waals surface area contributed by atoms with E-state index in [-0.39, 0.29) is 26.0 Å². The summed E-state index contributed by atoms with van der Waals surface area (Å²) in [4.78, 5) is 62.2. The quantitative estimate of drug-likeness (QED) is 0.135. The van der Waals surface area contributed by atoms with Crippen LogP contribution >= 0.6 is 0 Å². The fourth-order valence-corrected chi connectivity index (χ4v) is 4.05. The predicted molar refractivity (Wildman–Crippen MR) is 122 cm³/mol. The molecule has 0 aromatic heterocycles. The third-order valence-electron chi connectivity index (χ3n) is 5.70. The smallest absolute Gasteiger partial charge is 0.353 e. The van der Waals surface area contributed by atoms with Gasteiger partial charge in [-0.15, -0.1) is 0 Å². The molecule has 1 aromatic carbocycles. The Hall–Kier alpha value is -3.73. The highest BCUT2D eigenvalue weighted by Crippen LogP contribution is 2.26. The van der Waals surface area contributed by atoms with Gasteiger partial charge in [0.1, 0.15) is 23.4 Å². The number of hydrogen-bond donors (Lipinski definition) is 4. The number of esters is 1. The third kappa shape index (κ3) is 7.12. The van der Waals surface area contributed by atoms with Gasteiger partial charge in [-0.05, 0) is 45.1 Å². The minimum absolute atomic E-state index is 0.0208.